The summed E-state index contributed by atoms with van der Waals surface area (Å²) >= 11 is 0. The van der Waals surface area contributed by atoms with Crippen molar-refractivity contribution in [2.45, 2.75) is 25.2 Å². The summed E-state index contributed by atoms with van der Waals surface area (Å²) in [4.78, 5) is 25.9. The van der Waals surface area contributed by atoms with Crippen molar-refractivity contribution in [2.75, 3.05) is 0 Å². The summed E-state index contributed by atoms with van der Waals surface area (Å²) in [6.45, 7) is 0. The van der Waals surface area contributed by atoms with Crippen molar-refractivity contribution in [1.82, 2.24) is 0 Å². The number of Topliss-reactive ketones (excluding diaryl/α,β-unsaturated/α-hetero) is 1. The highest BCUT2D eigenvalue weighted by Crippen LogP contribution is 2.29. The predicted molar refractivity (Wildman–Crippen MR) is 145 cm³/mol. The monoisotopic (exact) mass is 476 g/mol. The Balaban J connectivity index is 1.58. The molecule has 0 spiro atoms. The van der Waals surface area contributed by atoms with Crippen molar-refractivity contribution in [3.05, 3.63) is 142 Å². The second kappa shape index (κ2) is 12.3. The van der Waals surface area contributed by atoms with E-state index < -0.39 is 11.5 Å². The van der Waals surface area contributed by atoms with E-state index in [-0.39, 0.29) is 29.3 Å². The molecule has 0 radical (unpaired) electrons. The molecule has 0 saturated heterocycles. The van der Waals surface area contributed by atoms with Gasteiger partial charge >= 0.3 is 5.63 Å². The first-order valence-electron chi connectivity index (χ1n) is 12.0. The molecule has 0 aliphatic carbocycles. The number of aromatic hydroxyl groups is 1. The van der Waals surface area contributed by atoms with Crippen molar-refractivity contribution < 1.29 is 14.3 Å². The van der Waals surface area contributed by atoms with Gasteiger partial charge in [0.25, 0.3) is 0 Å². The second-order valence-corrected chi connectivity index (χ2v) is 8.58. The molecule has 4 rings (SSSR count). The maximum atomic E-state index is 13.0. The number of benzene rings is 3. The quantitative estimate of drug-likeness (QED) is 0.270. The lowest BCUT2D eigenvalue weighted by atomic mass is 9.91. The number of carbonyl (C=O) groups is 1. The highest BCUT2D eigenvalue weighted by atomic mass is 16.4. The van der Waals surface area contributed by atoms with E-state index in [0.717, 1.165) is 16.7 Å². The van der Waals surface area contributed by atoms with Crippen molar-refractivity contribution in [3.8, 4) is 5.75 Å². The molecule has 180 valence electrons. The van der Waals surface area contributed by atoms with E-state index in [2.05, 4.69) is 0 Å². The molecule has 0 unspecified atom stereocenters. The maximum absolute atomic E-state index is 13.0. The van der Waals surface area contributed by atoms with Gasteiger partial charge in [0, 0.05) is 24.8 Å². The Morgan fingerprint density at radius 3 is 2.00 bits per heavy atom. The first-order valence-corrected chi connectivity index (χ1v) is 12.0. The largest absolute Gasteiger partial charge is 0.507 e. The van der Waals surface area contributed by atoms with Gasteiger partial charge in [0.2, 0.25) is 0 Å². The zero-order chi connectivity index (χ0) is 25.2. The Bertz CT molecular complexity index is 1380. The van der Waals surface area contributed by atoms with E-state index in [0.29, 0.717) is 12.8 Å². The molecule has 4 heteroatoms. The summed E-state index contributed by atoms with van der Waals surface area (Å²) in [5.41, 5.74) is 2.40. The van der Waals surface area contributed by atoms with Gasteiger partial charge < -0.3 is 9.52 Å². The fourth-order valence-electron chi connectivity index (χ4n) is 4.01. The van der Waals surface area contributed by atoms with Crippen LogP contribution in [0.1, 0.15) is 46.8 Å². The molecule has 0 aliphatic heterocycles. The third kappa shape index (κ3) is 7.03. The van der Waals surface area contributed by atoms with Gasteiger partial charge in [0.1, 0.15) is 17.3 Å². The first kappa shape index (κ1) is 24.7. The molecule has 3 aromatic carbocycles. The SMILES string of the molecule is O=C(CCc1ccccc1)C[C@@H](C=Cc1ccccc1)c1c(O)cc(C=Cc2ccccc2)oc1=O. The van der Waals surface area contributed by atoms with Crippen LogP contribution in [-0.2, 0) is 11.2 Å². The Kier molecular flexibility index (Phi) is 8.44. The van der Waals surface area contributed by atoms with Gasteiger partial charge in [-0.2, -0.15) is 0 Å². The van der Waals surface area contributed by atoms with E-state index in [4.69, 9.17) is 4.42 Å². The second-order valence-electron chi connectivity index (χ2n) is 8.58. The predicted octanol–water partition coefficient (Wildman–Crippen LogP) is 6.90. The molecule has 1 aromatic heterocycles. The van der Waals surface area contributed by atoms with Crippen molar-refractivity contribution in [2.24, 2.45) is 0 Å². The first-order chi connectivity index (χ1) is 17.6. The summed E-state index contributed by atoms with van der Waals surface area (Å²) in [6, 6.07) is 30.5. The molecule has 0 aliphatic rings. The van der Waals surface area contributed by atoms with Crippen LogP contribution < -0.4 is 5.63 Å². The van der Waals surface area contributed by atoms with E-state index in [9.17, 15) is 14.7 Å². The Labute approximate surface area is 210 Å². The maximum Gasteiger partial charge on any atom is 0.343 e. The van der Waals surface area contributed by atoms with E-state index >= 15 is 0 Å². The molecule has 4 nitrogen and oxygen atoms in total. The number of aryl methyl sites for hydroxylation is 1. The highest BCUT2D eigenvalue weighted by molar-refractivity contribution is 5.80. The van der Waals surface area contributed by atoms with Crippen LogP contribution in [-0.4, -0.2) is 10.9 Å². The minimum atomic E-state index is -0.652. The standard InChI is InChI=1S/C32H28O4/c33-28(20-17-25-12-6-2-7-13-25)22-27(19-16-24-10-4-1-5-11-24)31-30(34)23-29(36-32(31)35)21-18-26-14-8-3-9-15-26/h1-16,18-19,21,23,27,34H,17,20,22H2/t27-/m1/s1. The molecule has 36 heavy (non-hydrogen) atoms. The van der Waals surface area contributed by atoms with Gasteiger partial charge in [-0.05, 0) is 29.2 Å². The van der Waals surface area contributed by atoms with Crippen molar-refractivity contribution in [1.29, 1.82) is 0 Å². The molecule has 0 fully saturated rings. The molecule has 1 N–H and O–H groups in total. The molecule has 1 heterocycles. The van der Waals surface area contributed by atoms with Crippen molar-refractivity contribution in [3.63, 3.8) is 0 Å². The van der Waals surface area contributed by atoms with Gasteiger partial charge in [-0.3, -0.25) is 4.79 Å². The van der Waals surface area contributed by atoms with Crippen LogP contribution in [0.5, 0.6) is 5.75 Å². The average molecular weight is 477 g/mol. The molecular formula is C32H28O4. The summed E-state index contributed by atoms with van der Waals surface area (Å²) in [5, 5.41) is 10.8. The van der Waals surface area contributed by atoms with Crippen molar-refractivity contribution >= 4 is 24.0 Å². The van der Waals surface area contributed by atoms with E-state index in [1.165, 1.54) is 6.07 Å². The number of allylic oxidation sites excluding steroid dienone is 1. The summed E-state index contributed by atoms with van der Waals surface area (Å²) in [7, 11) is 0. The third-order valence-corrected chi connectivity index (χ3v) is 5.90. The molecule has 0 saturated carbocycles. The Hall–Kier alpha value is -4.44. The fourth-order valence-corrected chi connectivity index (χ4v) is 4.01. The number of hydrogen-bond donors (Lipinski definition) is 1. The number of hydrogen-bond acceptors (Lipinski definition) is 4. The molecule has 4 aromatic rings. The molecule has 0 amide bonds. The van der Waals surface area contributed by atoms with Gasteiger partial charge in [0.05, 0.1) is 5.56 Å². The van der Waals surface area contributed by atoms with Gasteiger partial charge in [-0.1, -0.05) is 109 Å². The van der Waals surface area contributed by atoms with Gasteiger partial charge in [-0.15, -0.1) is 0 Å². The van der Waals surface area contributed by atoms with Crippen LogP contribution in [0.3, 0.4) is 0 Å². The summed E-state index contributed by atoms with van der Waals surface area (Å²) in [6.07, 6.45) is 8.16. The summed E-state index contributed by atoms with van der Waals surface area (Å²) in [5.74, 6) is -0.547. The fraction of sp³-hybridized carbons (Fsp3) is 0.125. The van der Waals surface area contributed by atoms with Gasteiger partial charge in [0.15, 0.2) is 0 Å². The highest BCUT2D eigenvalue weighted by Gasteiger charge is 2.22. The minimum absolute atomic E-state index is 0.00779. The van der Waals surface area contributed by atoms with Gasteiger partial charge in [-0.25, -0.2) is 4.79 Å². The third-order valence-electron chi connectivity index (χ3n) is 5.90. The molecule has 1 atom stereocenters. The lowest BCUT2D eigenvalue weighted by Gasteiger charge is -2.13. The normalized spacial score (nSPS) is 12.2. The topological polar surface area (TPSA) is 67.5 Å². The van der Waals surface area contributed by atoms with Crippen LogP contribution in [0, 0.1) is 0 Å². The number of carbonyl (C=O) groups excluding carboxylic acids is 1. The van der Waals surface area contributed by atoms with E-state index in [1.807, 2.05) is 97.1 Å². The number of ketones is 1. The molecular weight excluding hydrogens is 448 g/mol. The van der Waals surface area contributed by atoms with E-state index in [1.54, 1.807) is 18.2 Å². The smallest absolute Gasteiger partial charge is 0.343 e. The summed E-state index contributed by atoms with van der Waals surface area (Å²) < 4.78 is 5.51. The average Bonchev–Trinajstić information content (AvgIpc) is 2.90. The Morgan fingerprint density at radius 1 is 0.806 bits per heavy atom. The van der Waals surface area contributed by atoms with Crippen LogP contribution in [0.25, 0.3) is 18.2 Å². The van der Waals surface area contributed by atoms with Crippen LogP contribution in [0.15, 0.2) is 112 Å². The lowest BCUT2D eigenvalue weighted by molar-refractivity contribution is -0.119. The lowest BCUT2D eigenvalue weighted by Crippen LogP contribution is -2.15. The van der Waals surface area contributed by atoms with Crippen LogP contribution in [0.2, 0.25) is 0 Å². The van der Waals surface area contributed by atoms with Crippen LogP contribution in [0.4, 0.5) is 0 Å². The molecule has 0 bridgehead atoms. The number of rotatable bonds is 10. The zero-order valence-electron chi connectivity index (χ0n) is 19.9. The zero-order valence-corrected chi connectivity index (χ0v) is 19.9. The Morgan fingerprint density at radius 2 is 1.39 bits per heavy atom. The van der Waals surface area contributed by atoms with Crippen LogP contribution >= 0.6 is 0 Å². The minimum Gasteiger partial charge on any atom is -0.507 e.